The molecule has 150 valence electrons. The molecule has 8 heteroatoms. The molecule has 0 bridgehead atoms. The van der Waals surface area contributed by atoms with E-state index in [1.165, 1.54) is 35.6 Å². The smallest absolute Gasteiger partial charge is 0.251 e. The molecule has 2 aromatic carbocycles. The molecule has 0 aliphatic heterocycles. The number of aryl methyl sites for hydroxylation is 1. The van der Waals surface area contributed by atoms with Crippen LogP contribution in [0.2, 0.25) is 0 Å². The second-order valence-electron chi connectivity index (χ2n) is 6.97. The Morgan fingerprint density at radius 1 is 1.07 bits per heavy atom. The number of hydrogen-bond acceptors (Lipinski definition) is 5. The van der Waals surface area contributed by atoms with Gasteiger partial charge in [-0.05, 0) is 43.2 Å². The van der Waals surface area contributed by atoms with Crippen LogP contribution in [0.25, 0.3) is 10.6 Å². The normalized spacial score (nSPS) is 11.9. The molecule has 0 aliphatic rings. The maximum atomic E-state index is 13.1. The lowest BCUT2D eigenvalue weighted by atomic mass is 10.0. The van der Waals surface area contributed by atoms with Gasteiger partial charge in [0.05, 0.1) is 0 Å². The molecule has 1 aromatic heterocycles. The van der Waals surface area contributed by atoms with Gasteiger partial charge in [0.1, 0.15) is 16.9 Å². The molecule has 0 saturated carbocycles. The number of anilines is 1. The van der Waals surface area contributed by atoms with Crippen molar-refractivity contribution in [1.82, 2.24) is 15.5 Å². The molecule has 3 aromatic rings. The van der Waals surface area contributed by atoms with Gasteiger partial charge < -0.3 is 5.32 Å². The molecule has 0 fully saturated rings. The SMILES string of the molecule is Cc1cccc(-c2nnc(NC(=O)C(NC(=O)c3ccc(F)cc3)C(C)C)s2)c1. The van der Waals surface area contributed by atoms with E-state index in [0.29, 0.717) is 10.1 Å². The van der Waals surface area contributed by atoms with Crippen LogP contribution in [0.15, 0.2) is 48.5 Å². The Morgan fingerprint density at radius 2 is 1.79 bits per heavy atom. The first-order valence-corrected chi connectivity index (χ1v) is 9.93. The lowest BCUT2D eigenvalue weighted by molar-refractivity contribution is -0.118. The molecule has 0 saturated heterocycles. The highest BCUT2D eigenvalue weighted by atomic mass is 32.1. The van der Waals surface area contributed by atoms with E-state index in [0.717, 1.165) is 11.1 Å². The van der Waals surface area contributed by atoms with Gasteiger partial charge in [-0.2, -0.15) is 0 Å². The van der Waals surface area contributed by atoms with Crippen molar-refractivity contribution < 1.29 is 14.0 Å². The molecule has 3 rings (SSSR count). The minimum Gasteiger partial charge on any atom is -0.340 e. The fourth-order valence-corrected chi connectivity index (χ4v) is 3.46. The zero-order valence-corrected chi connectivity index (χ0v) is 17.1. The summed E-state index contributed by atoms with van der Waals surface area (Å²) in [6, 6.07) is 12.2. The largest absolute Gasteiger partial charge is 0.340 e. The molecule has 1 unspecified atom stereocenters. The standard InChI is InChI=1S/C21H21FN4O2S/c1-12(2)17(23-18(27)14-7-9-16(22)10-8-14)19(28)24-21-26-25-20(29-21)15-6-4-5-13(3)11-15/h4-12,17H,1-3H3,(H,23,27)(H,24,26,28). The third-order valence-electron chi connectivity index (χ3n) is 4.26. The van der Waals surface area contributed by atoms with Crippen LogP contribution in [0.4, 0.5) is 9.52 Å². The van der Waals surface area contributed by atoms with Crippen LogP contribution >= 0.6 is 11.3 Å². The third-order valence-corrected chi connectivity index (χ3v) is 5.15. The first kappa shape index (κ1) is 20.6. The number of carbonyl (C=O) groups is 2. The van der Waals surface area contributed by atoms with E-state index < -0.39 is 17.8 Å². The Hall–Kier alpha value is -3.13. The average Bonchev–Trinajstić information content (AvgIpc) is 3.14. The van der Waals surface area contributed by atoms with Crippen molar-refractivity contribution in [2.75, 3.05) is 5.32 Å². The second-order valence-corrected chi connectivity index (χ2v) is 7.95. The van der Waals surface area contributed by atoms with Crippen LogP contribution in [-0.4, -0.2) is 28.1 Å². The number of nitrogens with one attached hydrogen (secondary N) is 2. The first-order chi connectivity index (χ1) is 13.8. The summed E-state index contributed by atoms with van der Waals surface area (Å²) in [4.78, 5) is 25.1. The summed E-state index contributed by atoms with van der Waals surface area (Å²) in [6.45, 7) is 5.64. The maximum absolute atomic E-state index is 13.1. The zero-order valence-electron chi connectivity index (χ0n) is 16.3. The minimum atomic E-state index is -0.779. The van der Waals surface area contributed by atoms with E-state index in [1.807, 2.05) is 45.0 Å². The van der Waals surface area contributed by atoms with E-state index in [9.17, 15) is 14.0 Å². The number of halogens is 1. The van der Waals surface area contributed by atoms with Crippen LogP contribution in [0.5, 0.6) is 0 Å². The molecule has 2 N–H and O–H groups in total. The van der Waals surface area contributed by atoms with Crippen LogP contribution in [0, 0.1) is 18.7 Å². The highest BCUT2D eigenvalue weighted by Crippen LogP contribution is 2.27. The molecular weight excluding hydrogens is 391 g/mol. The first-order valence-electron chi connectivity index (χ1n) is 9.11. The molecule has 1 heterocycles. The average molecular weight is 412 g/mol. The van der Waals surface area contributed by atoms with Crippen LogP contribution in [0.3, 0.4) is 0 Å². The van der Waals surface area contributed by atoms with Gasteiger partial charge in [0.2, 0.25) is 11.0 Å². The summed E-state index contributed by atoms with van der Waals surface area (Å²) in [5.74, 6) is -1.43. The van der Waals surface area contributed by atoms with Crippen molar-refractivity contribution >= 4 is 28.3 Å². The van der Waals surface area contributed by atoms with Gasteiger partial charge in [0.25, 0.3) is 5.91 Å². The Kier molecular flexibility index (Phi) is 6.33. The Bertz CT molecular complexity index is 1020. The highest BCUT2D eigenvalue weighted by Gasteiger charge is 2.26. The predicted octanol–water partition coefficient (Wildman–Crippen LogP) is 4.05. The minimum absolute atomic E-state index is 0.163. The topological polar surface area (TPSA) is 84.0 Å². The molecule has 0 aliphatic carbocycles. The van der Waals surface area contributed by atoms with Crippen LogP contribution in [0.1, 0.15) is 29.8 Å². The van der Waals surface area contributed by atoms with E-state index in [4.69, 9.17) is 0 Å². The van der Waals surface area contributed by atoms with Crippen molar-refractivity contribution in [3.05, 3.63) is 65.5 Å². The van der Waals surface area contributed by atoms with Crippen LogP contribution in [-0.2, 0) is 4.79 Å². The summed E-state index contributed by atoms with van der Waals surface area (Å²) >= 11 is 1.26. The fourth-order valence-electron chi connectivity index (χ4n) is 2.71. The van der Waals surface area contributed by atoms with Gasteiger partial charge in [-0.3, -0.25) is 14.9 Å². The molecule has 6 nitrogen and oxygen atoms in total. The Balaban J connectivity index is 1.70. The number of rotatable bonds is 6. The quantitative estimate of drug-likeness (QED) is 0.640. The summed E-state index contributed by atoms with van der Waals surface area (Å²) in [6.07, 6.45) is 0. The Morgan fingerprint density at radius 3 is 2.45 bits per heavy atom. The summed E-state index contributed by atoms with van der Waals surface area (Å²) in [5, 5.41) is 14.6. The van der Waals surface area contributed by atoms with Crippen molar-refractivity contribution in [2.45, 2.75) is 26.8 Å². The predicted molar refractivity (Wildman–Crippen MR) is 111 cm³/mol. The van der Waals surface area contributed by atoms with Crippen molar-refractivity contribution in [3.63, 3.8) is 0 Å². The van der Waals surface area contributed by atoms with E-state index >= 15 is 0 Å². The van der Waals surface area contributed by atoms with E-state index in [1.54, 1.807) is 0 Å². The number of benzene rings is 2. The summed E-state index contributed by atoms with van der Waals surface area (Å²) < 4.78 is 13.1. The van der Waals surface area contributed by atoms with Gasteiger partial charge in [-0.25, -0.2) is 4.39 Å². The second kappa shape index (κ2) is 8.91. The number of carbonyl (C=O) groups excluding carboxylic acids is 2. The van der Waals surface area contributed by atoms with E-state index in [-0.39, 0.29) is 17.4 Å². The summed E-state index contributed by atoms with van der Waals surface area (Å²) in [7, 11) is 0. The maximum Gasteiger partial charge on any atom is 0.251 e. The molecule has 1 atom stereocenters. The van der Waals surface area contributed by atoms with Gasteiger partial charge >= 0.3 is 0 Å². The van der Waals surface area contributed by atoms with Crippen molar-refractivity contribution in [1.29, 1.82) is 0 Å². The lowest BCUT2D eigenvalue weighted by Crippen LogP contribution is -2.47. The van der Waals surface area contributed by atoms with Gasteiger partial charge in [0.15, 0.2) is 0 Å². The molecule has 0 radical (unpaired) electrons. The molecule has 0 spiro atoms. The van der Waals surface area contributed by atoms with Crippen molar-refractivity contribution in [2.24, 2.45) is 5.92 Å². The number of hydrogen-bond donors (Lipinski definition) is 2. The van der Waals surface area contributed by atoms with Crippen LogP contribution < -0.4 is 10.6 Å². The zero-order chi connectivity index (χ0) is 21.0. The molecular formula is C21H21FN4O2S. The number of nitrogens with zero attached hydrogens (tertiary/aromatic N) is 2. The Labute approximate surface area is 172 Å². The van der Waals surface area contributed by atoms with Crippen molar-refractivity contribution in [3.8, 4) is 10.6 Å². The lowest BCUT2D eigenvalue weighted by Gasteiger charge is -2.21. The fraction of sp³-hybridized carbons (Fsp3) is 0.238. The van der Waals surface area contributed by atoms with Gasteiger partial charge in [-0.15, -0.1) is 10.2 Å². The summed E-state index contributed by atoms with van der Waals surface area (Å²) in [5.41, 5.74) is 2.31. The number of aromatic nitrogens is 2. The highest BCUT2D eigenvalue weighted by molar-refractivity contribution is 7.18. The third kappa shape index (κ3) is 5.23. The molecule has 29 heavy (non-hydrogen) atoms. The van der Waals surface area contributed by atoms with Gasteiger partial charge in [-0.1, -0.05) is 48.9 Å². The monoisotopic (exact) mass is 412 g/mol. The van der Waals surface area contributed by atoms with Gasteiger partial charge in [0, 0.05) is 11.1 Å². The molecule has 2 amide bonds. The van der Waals surface area contributed by atoms with E-state index in [2.05, 4.69) is 20.8 Å². The number of amides is 2.